The highest BCUT2D eigenvalue weighted by Gasteiger charge is 2.09. The summed E-state index contributed by atoms with van der Waals surface area (Å²) in [6, 6.07) is 3.16. The van der Waals surface area contributed by atoms with Crippen LogP contribution in [0.5, 0.6) is 0 Å². The second-order valence-electron chi connectivity index (χ2n) is 3.69. The molecule has 5 heteroatoms. The predicted octanol–water partition coefficient (Wildman–Crippen LogP) is 2.97. The molecule has 1 aromatic carbocycles. The molecule has 0 atom stereocenters. The normalized spacial score (nSPS) is 10.8. The zero-order chi connectivity index (χ0) is 11.9. The van der Waals surface area contributed by atoms with Gasteiger partial charge in [0.25, 0.3) is 0 Å². The first-order chi connectivity index (χ1) is 7.49. The van der Waals surface area contributed by atoms with E-state index < -0.39 is 0 Å². The molecule has 3 nitrogen and oxygen atoms in total. The van der Waals surface area contributed by atoms with E-state index in [9.17, 15) is 4.39 Å². The van der Waals surface area contributed by atoms with Gasteiger partial charge in [0.2, 0.25) is 0 Å². The van der Waals surface area contributed by atoms with Gasteiger partial charge in [-0.2, -0.15) is 5.10 Å². The van der Waals surface area contributed by atoms with Crippen molar-refractivity contribution in [3.8, 4) is 5.69 Å². The van der Waals surface area contributed by atoms with Crippen molar-refractivity contribution in [2.24, 2.45) is 0 Å². The monoisotopic (exact) mass is 283 g/mol. The maximum Gasteiger partial charge on any atom is 0.148 e. The average Bonchev–Trinajstić information content (AvgIpc) is 2.53. The number of halogens is 2. The lowest BCUT2D eigenvalue weighted by Gasteiger charge is -2.06. The summed E-state index contributed by atoms with van der Waals surface area (Å²) >= 11 is 3.14. The van der Waals surface area contributed by atoms with Crippen LogP contribution in [0.25, 0.3) is 5.69 Å². The lowest BCUT2D eigenvalue weighted by Crippen LogP contribution is -2.00. The number of hydrogen-bond acceptors (Lipinski definition) is 2. The molecule has 0 fully saturated rings. The molecule has 0 saturated heterocycles. The van der Waals surface area contributed by atoms with Crippen molar-refractivity contribution < 1.29 is 4.39 Å². The third-order valence-electron chi connectivity index (χ3n) is 2.42. The second kappa shape index (κ2) is 3.90. The number of benzene rings is 1. The van der Waals surface area contributed by atoms with Crippen molar-refractivity contribution in [1.29, 1.82) is 0 Å². The summed E-state index contributed by atoms with van der Waals surface area (Å²) in [6.45, 7) is 3.76. The van der Waals surface area contributed by atoms with Crippen LogP contribution in [0.1, 0.15) is 11.1 Å². The smallest absolute Gasteiger partial charge is 0.148 e. The van der Waals surface area contributed by atoms with Gasteiger partial charge in [-0.15, -0.1) is 0 Å². The fourth-order valence-corrected chi connectivity index (χ4v) is 1.94. The highest BCUT2D eigenvalue weighted by atomic mass is 79.9. The third kappa shape index (κ3) is 1.82. The molecule has 1 heterocycles. The van der Waals surface area contributed by atoms with Gasteiger partial charge in [0.1, 0.15) is 11.6 Å². The number of nitrogen functional groups attached to an aromatic ring is 1. The van der Waals surface area contributed by atoms with Crippen LogP contribution in [-0.4, -0.2) is 9.78 Å². The molecule has 0 saturated carbocycles. The number of nitrogens with two attached hydrogens (primary N) is 1. The van der Waals surface area contributed by atoms with E-state index in [2.05, 4.69) is 21.0 Å². The van der Waals surface area contributed by atoms with E-state index in [0.29, 0.717) is 16.0 Å². The summed E-state index contributed by atoms with van der Waals surface area (Å²) in [6.07, 6.45) is 1.78. The number of aromatic nitrogens is 2. The molecule has 2 aromatic rings. The molecule has 0 amide bonds. The molecule has 1 aromatic heterocycles. The Balaban J connectivity index is 2.60. The first-order valence-electron chi connectivity index (χ1n) is 4.77. The lowest BCUT2D eigenvalue weighted by molar-refractivity contribution is 0.618. The molecule has 0 aliphatic heterocycles. The van der Waals surface area contributed by atoms with E-state index in [0.717, 1.165) is 11.1 Å². The van der Waals surface area contributed by atoms with Crippen LogP contribution in [-0.2, 0) is 0 Å². The minimum Gasteiger partial charge on any atom is -0.382 e. The van der Waals surface area contributed by atoms with Crippen LogP contribution in [0, 0.1) is 19.7 Å². The molecule has 16 heavy (non-hydrogen) atoms. The van der Waals surface area contributed by atoms with Gasteiger partial charge in [-0.3, -0.25) is 0 Å². The van der Waals surface area contributed by atoms with E-state index in [4.69, 9.17) is 5.73 Å². The Bertz CT molecular complexity index is 529. The minimum atomic E-state index is -0.313. The van der Waals surface area contributed by atoms with Crippen LogP contribution >= 0.6 is 15.9 Å². The third-order valence-corrected chi connectivity index (χ3v) is 3.03. The van der Waals surface area contributed by atoms with Gasteiger partial charge in [-0.05, 0) is 41.4 Å². The minimum absolute atomic E-state index is 0.313. The van der Waals surface area contributed by atoms with Crippen molar-refractivity contribution in [3.05, 3.63) is 39.7 Å². The van der Waals surface area contributed by atoms with Crippen LogP contribution < -0.4 is 5.73 Å². The molecule has 0 radical (unpaired) electrons. The number of rotatable bonds is 1. The Labute approximate surface area is 101 Å². The zero-order valence-electron chi connectivity index (χ0n) is 8.96. The van der Waals surface area contributed by atoms with E-state index in [-0.39, 0.29) is 5.82 Å². The van der Waals surface area contributed by atoms with Crippen molar-refractivity contribution >= 4 is 21.7 Å². The molecular weight excluding hydrogens is 273 g/mol. The van der Waals surface area contributed by atoms with E-state index >= 15 is 0 Å². The average molecular weight is 284 g/mol. The Morgan fingerprint density at radius 2 is 2.00 bits per heavy atom. The summed E-state index contributed by atoms with van der Waals surface area (Å²) in [5.41, 5.74) is 8.16. The van der Waals surface area contributed by atoms with E-state index in [1.165, 1.54) is 6.07 Å². The Morgan fingerprint density at radius 3 is 2.56 bits per heavy atom. The van der Waals surface area contributed by atoms with Crippen LogP contribution in [0.15, 0.2) is 22.8 Å². The molecule has 0 spiro atoms. The van der Waals surface area contributed by atoms with Gasteiger partial charge in [-0.1, -0.05) is 0 Å². The van der Waals surface area contributed by atoms with Crippen molar-refractivity contribution in [2.45, 2.75) is 13.8 Å². The quantitative estimate of drug-likeness (QED) is 0.875. The molecule has 0 unspecified atom stereocenters. The van der Waals surface area contributed by atoms with Crippen molar-refractivity contribution in [1.82, 2.24) is 9.78 Å². The van der Waals surface area contributed by atoms with Crippen molar-refractivity contribution in [2.75, 3.05) is 5.73 Å². The van der Waals surface area contributed by atoms with Gasteiger partial charge in [-0.25, -0.2) is 9.07 Å². The Morgan fingerprint density at radius 1 is 1.31 bits per heavy atom. The molecule has 0 bridgehead atoms. The predicted molar refractivity (Wildman–Crippen MR) is 65.1 cm³/mol. The van der Waals surface area contributed by atoms with E-state index in [1.54, 1.807) is 16.9 Å². The first-order valence-corrected chi connectivity index (χ1v) is 5.56. The first kappa shape index (κ1) is 11.1. The number of anilines is 1. The molecule has 0 aliphatic rings. The van der Waals surface area contributed by atoms with Gasteiger partial charge in [0.05, 0.1) is 10.2 Å². The van der Waals surface area contributed by atoms with Gasteiger partial charge in [0, 0.05) is 17.8 Å². The highest BCUT2D eigenvalue weighted by molar-refractivity contribution is 9.10. The zero-order valence-corrected chi connectivity index (χ0v) is 10.5. The maximum atomic E-state index is 13.4. The van der Waals surface area contributed by atoms with Crippen LogP contribution in [0.2, 0.25) is 0 Å². The lowest BCUT2D eigenvalue weighted by atomic mass is 10.2. The van der Waals surface area contributed by atoms with Gasteiger partial charge in [0.15, 0.2) is 0 Å². The summed E-state index contributed by atoms with van der Waals surface area (Å²) in [5.74, 6) is 0.148. The second-order valence-corrected chi connectivity index (χ2v) is 4.55. The van der Waals surface area contributed by atoms with Crippen LogP contribution in [0.3, 0.4) is 0 Å². The largest absolute Gasteiger partial charge is 0.382 e. The van der Waals surface area contributed by atoms with Crippen molar-refractivity contribution in [3.63, 3.8) is 0 Å². The molecule has 84 valence electrons. The number of hydrogen-bond donors (Lipinski definition) is 1. The summed E-state index contributed by atoms with van der Waals surface area (Å²) in [7, 11) is 0. The SMILES string of the molecule is Cc1cc(Br)c(F)cc1-n1cc(C)c(N)n1. The molecule has 2 N–H and O–H groups in total. The van der Waals surface area contributed by atoms with E-state index in [1.807, 2.05) is 13.8 Å². The Hall–Kier alpha value is -1.36. The topological polar surface area (TPSA) is 43.8 Å². The number of nitrogens with zero attached hydrogens (tertiary/aromatic N) is 2. The fourth-order valence-electron chi connectivity index (χ4n) is 1.48. The molecular formula is C11H11BrFN3. The Kier molecular flexibility index (Phi) is 2.71. The summed E-state index contributed by atoms with van der Waals surface area (Å²) in [5, 5.41) is 4.12. The van der Waals surface area contributed by atoms with Gasteiger partial charge >= 0.3 is 0 Å². The molecule has 2 rings (SSSR count). The van der Waals surface area contributed by atoms with Crippen LogP contribution in [0.4, 0.5) is 10.2 Å². The summed E-state index contributed by atoms with van der Waals surface area (Å²) < 4.78 is 15.5. The standard InChI is InChI=1S/C11H11BrFN3/c1-6-3-8(12)9(13)4-10(6)16-5-7(2)11(14)15-16/h3-5H,1-2H3,(H2,14,15). The molecule has 0 aliphatic carbocycles. The maximum absolute atomic E-state index is 13.4. The van der Waals surface area contributed by atoms with Gasteiger partial charge < -0.3 is 5.73 Å². The summed E-state index contributed by atoms with van der Waals surface area (Å²) in [4.78, 5) is 0. The fraction of sp³-hybridized carbons (Fsp3) is 0.182. The highest BCUT2D eigenvalue weighted by Crippen LogP contribution is 2.23. The number of aryl methyl sites for hydroxylation is 2.